The molecule has 0 saturated heterocycles. The highest BCUT2D eigenvalue weighted by Gasteiger charge is 2.16. The molecule has 27 heavy (non-hydrogen) atoms. The Kier molecular flexibility index (Phi) is 4.42. The lowest BCUT2D eigenvalue weighted by atomic mass is 10.1. The normalized spacial score (nSPS) is 12.1. The zero-order valence-electron chi connectivity index (χ0n) is 14.8. The van der Waals surface area contributed by atoms with Crippen LogP contribution in [0, 0.1) is 12.7 Å². The van der Waals surface area contributed by atoms with E-state index in [0.717, 1.165) is 5.56 Å². The fourth-order valence-electron chi connectivity index (χ4n) is 2.80. The van der Waals surface area contributed by atoms with Gasteiger partial charge in [0.05, 0.1) is 11.7 Å². The van der Waals surface area contributed by atoms with E-state index in [1.807, 2.05) is 38.1 Å². The quantitative estimate of drug-likeness (QED) is 0.535. The maximum absolute atomic E-state index is 14.5. The minimum absolute atomic E-state index is 0.177. The fourth-order valence-corrected chi connectivity index (χ4v) is 2.80. The first-order chi connectivity index (χ1) is 13.1. The van der Waals surface area contributed by atoms with Crippen molar-refractivity contribution in [3.8, 4) is 11.5 Å². The van der Waals surface area contributed by atoms with Crippen LogP contribution >= 0.6 is 0 Å². The van der Waals surface area contributed by atoms with E-state index < -0.39 is 5.82 Å². The van der Waals surface area contributed by atoms with Crippen molar-refractivity contribution < 1.29 is 13.7 Å². The summed E-state index contributed by atoms with van der Waals surface area (Å²) in [4.78, 5) is 8.31. The van der Waals surface area contributed by atoms with Gasteiger partial charge < -0.3 is 14.6 Å². The van der Waals surface area contributed by atoms with Crippen LogP contribution in [0.25, 0.3) is 11.1 Å². The molecule has 0 aliphatic rings. The number of halogens is 1. The van der Waals surface area contributed by atoms with Gasteiger partial charge in [0.1, 0.15) is 23.3 Å². The molecule has 4 rings (SSSR count). The molecular formula is C20H17FN4O2. The van der Waals surface area contributed by atoms with Crippen LogP contribution in [0.1, 0.15) is 24.2 Å². The molecule has 0 aliphatic heterocycles. The molecule has 1 N–H and O–H groups in total. The largest absolute Gasteiger partial charge is 0.454 e. The molecule has 2 aromatic carbocycles. The number of hydrogen-bond donors (Lipinski definition) is 1. The third kappa shape index (κ3) is 3.44. The van der Waals surface area contributed by atoms with Gasteiger partial charge in [0, 0.05) is 0 Å². The first-order valence-corrected chi connectivity index (χ1v) is 8.47. The van der Waals surface area contributed by atoms with Crippen molar-refractivity contribution in [2.75, 3.05) is 5.32 Å². The fraction of sp³-hybridized carbons (Fsp3) is 0.150. The van der Waals surface area contributed by atoms with E-state index in [-0.39, 0.29) is 11.8 Å². The summed E-state index contributed by atoms with van der Waals surface area (Å²) in [6.07, 6.45) is 1.40. The highest BCUT2D eigenvalue weighted by Crippen LogP contribution is 2.29. The van der Waals surface area contributed by atoms with Gasteiger partial charge in [0.2, 0.25) is 0 Å². The summed E-state index contributed by atoms with van der Waals surface area (Å²) < 4.78 is 25.2. The van der Waals surface area contributed by atoms with Gasteiger partial charge in [0.25, 0.3) is 5.71 Å². The Bertz CT molecular complexity index is 1080. The van der Waals surface area contributed by atoms with Gasteiger partial charge in [0.15, 0.2) is 11.6 Å². The summed E-state index contributed by atoms with van der Waals surface area (Å²) in [5.41, 5.74) is 1.86. The molecule has 0 radical (unpaired) electrons. The lowest BCUT2D eigenvalue weighted by Gasteiger charge is -2.16. The number of hydrogen-bond acceptors (Lipinski definition) is 6. The Hall–Kier alpha value is -3.48. The van der Waals surface area contributed by atoms with Gasteiger partial charge in [-0.05, 0) is 43.7 Å². The van der Waals surface area contributed by atoms with Gasteiger partial charge in [-0.1, -0.05) is 29.4 Å². The van der Waals surface area contributed by atoms with Gasteiger partial charge in [-0.2, -0.15) is 4.98 Å². The number of rotatable bonds is 5. The Morgan fingerprint density at radius 1 is 1.11 bits per heavy atom. The van der Waals surface area contributed by atoms with Crippen LogP contribution in [0.3, 0.4) is 0 Å². The van der Waals surface area contributed by atoms with Crippen LogP contribution in [0.15, 0.2) is 59.4 Å². The van der Waals surface area contributed by atoms with Crippen molar-refractivity contribution in [2.24, 2.45) is 0 Å². The molecule has 2 aromatic heterocycles. The molecule has 136 valence electrons. The van der Waals surface area contributed by atoms with Crippen LogP contribution in [0.5, 0.6) is 11.5 Å². The molecule has 1 unspecified atom stereocenters. The molecule has 7 heteroatoms. The summed E-state index contributed by atoms with van der Waals surface area (Å²) in [5.74, 6) is 0.924. The van der Waals surface area contributed by atoms with E-state index in [9.17, 15) is 4.39 Å². The Morgan fingerprint density at radius 3 is 2.70 bits per heavy atom. The molecule has 1 atom stereocenters. The number of fused-ring (bicyclic) bond motifs is 1. The zero-order chi connectivity index (χ0) is 18.8. The SMILES string of the molecule is Cc1noc2ncnc(NC(C)c3ccc(Oc4ccccc4)c(F)c3)c12. The standard InChI is InChI=1S/C20H17FN4O2/c1-12(24-19-18-13(2)25-27-20(18)23-11-22-19)14-8-9-17(16(21)10-14)26-15-6-4-3-5-7-15/h3-12H,1-2H3,(H,22,23,24). The lowest BCUT2D eigenvalue weighted by Crippen LogP contribution is -2.09. The molecule has 6 nitrogen and oxygen atoms in total. The van der Waals surface area contributed by atoms with E-state index in [4.69, 9.17) is 9.26 Å². The van der Waals surface area contributed by atoms with Crippen molar-refractivity contribution in [3.63, 3.8) is 0 Å². The van der Waals surface area contributed by atoms with E-state index in [0.29, 0.717) is 28.4 Å². The van der Waals surface area contributed by atoms with Gasteiger partial charge in [-0.3, -0.25) is 0 Å². The summed E-state index contributed by atoms with van der Waals surface area (Å²) >= 11 is 0. The number of aromatic nitrogens is 3. The highest BCUT2D eigenvalue weighted by atomic mass is 19.1. The molecular weight excluding hydrogens is 347 g/mol. The second-order valence-corrected chi connectivity index (χ2v) is 6.14. The number of anilines is 1. The topological polar surface area (TPSA) is 73.1 Å². The van der Waals surface area contributed by atoms with Gasteiger partial charge >= 0.3 is 0 Å². The van der Waals surface area contributed by atoms with Crippen molar-refractivity contribution >= 4 is 16.9 Å². The average Bonchev–Trinajstić information content (AvgIpc) is 3.06. The Morgan fingerprint density at radius 2 is 1.93 bits per heavy atom. The minimum atomic E-state index is -0.431. The molecule has 0 bridgehead atoms. The zero-order valence-corrected chi connectivity index (χ0v) is 14.8. The van der Waals surface area contributed by atoms with Gasteiger partial charge in [-0.15, -0.1) is 0 Å². The monoisotopic (exact) mass is 364 g/mol. The number of nitrogens with one attached hydrogen (secondary N) is 1. The average molecular weight is 364 g/mol. The first kappa shape index (κ1) is 17.0. The predicted molar refractivity (Wildman–Crippen MR) is 99.3 cm³/mol. The van der Waals surface area contributed by atoms with Crippen LogP contribution in [0.4, 0.5) is 10.2 Å². The summed E-state index contributed by atoms with van der Waals surface area (Å²) in [7, 11) is 0. The highest BCUT2D eigenvalue weighted by molar-refractivity contribution is 5.87. The number of nitrogens with zero attached hydrogens (tertiary/aromatic N) is 3. The molecule has 2 heterocycles. The summed E-state index contributed by atoms with van der Waals surface area (Å²) in [5, 5.41) is 7.89. The maximum Gasteiger partial charge on any atom is 0.263 e. The Balaban J connectivity index is 1.56. The molecule has 4 aromatic rings. The summed E-state index contributed by atoms with van der Waals surface area (Å²) in [6.45, 7) is 3.74. The van der Waals surface area contributed by atoms with Crippen molar-refractivity contribution in [1.82, 2.24) is 15.1 Å². The third-order valence-corrected chi connectivity index (χ3v) is 4.22. The van der Waals surface area contributed by atoms with E-state index in [1.54, 1.807) is 18.2 Å². The van der Waals surface area contributed by atoms with Crippen molar-refractivity contribution in [2.45, 2.75) is 19.9 Å². The molecule has 0 saturated carbocycles. The smallest absolute Gasteiger partial charge is 0.263 e. The number of aryl methyl sites for hydroxylation is 1. The van der Waals surface area contributed by atoms with Crippen molar-refractivity contribution in [3.05, 3.63) is 71.9 Å². The second kappa shape index (κ2) is 7.03. The molecule has 0 fully saturated rings. The number of ether oxygens (including phenoxy) is 1. The lowest BCUT2D eigenvalue weighted by molar-refractivity contribution is 0.441. The summed E-state index contributed by atoms with van der Waals surface area (Å²) in [6, 6.07) is 13.8. The number of para-hydroxylation sites is 1. The van der Waals surface area contributed by atoms with Crippen LogP contribution < -0.4 is 10.1 Å². The minimum Gasteiger partial charge on any atom is -0.454 e. The maximum atomic E-state index is 14.5. The number of benzene rings is 2. The molecule has 0 amide bonds. The van der Waals surface area contributed by atoms with Crippen LogP contribution in [-0.4, -0.2) is 15.1 Å². The van der Waals surface area contributed by atoms with Crippen LogP contribution in [0.2, 0.25) is 0 Å². The predicted octanol–water partition coefficient (Wildman–Crippen LogP) is 5.03. The molecule has 0 spiro atoms. The van der Waals surface area contributed by atoms with E-state index >= 15 is 0 Å². The second-order valence-electron chi connectivity index (χ2n) is 6.14. The third-order valence-electron chi connectivity index (χ3n) is 4.22. The van der Waals surface area contributed by atoms with Crippen LogP contribution in [-0.2, 0) is 0 Å². The first-order valence-electron chi connectivity index (χ1n) is 8.47. The van der Waals surface area contributed by atoms with Crippen molar-refractivity contribution in [1.29, 1.82) is 0 Å². The van der Waals surface area contributed by atoms with Gasteiger partial charge in [-0.25, -0.2) is 9.37 Å². The molecule has 0 aliphatic carbocycles. The Labute approximate surface area is 155 Å². The van der Waals surface area contributed by atoms with E-state index in [2.05, 4.69) is 20.4 Å². The van der Waals surface area contributed by atoms with E-state index in [1.165, 1.54) is 12.4 Å².